The zero-order valence-electron chi connectivity index (χ0n) is 8.55. The highest BCUT2D eigenvalue weighted by molar-refractivity contribution is 6.30. The molecule has 0 spiro atoms. The van der Waals surface area contributed by atoms with Crippen molar-refractivity contribution >= 4 is 17.5 Å². The minimum Gasteiger partial charge on any atom is -0.348 e. The topological polar surface area (TPSA) is 29.1 Å². The van der Waals surface area contributed by atoms with Gasteiger partial charge in [0.15, 0.2) is 0 Å². The maximum Gasteiger partial charge on any atom is 0.243 e. The summed E-state index contributed by atoms with van der Waals surface area (Å²) in [5.74, 6) is -0.181. The van der Waals surface area contributed by atoms with Crippen molar-refractivity contribution < 1.29 is 13.6 Å². The monoisotopic (exact) mass is 247 g/mol. The fourth-order valence-corrected chi connectivity index (χ4v) is 1.12. The predicted octanol–water partition coefficient (Wildman–Crippen LogP) is 3.03. The molecule has 16 heavy (non-hydrogen) atoms. The highest BCUT2D eigenvalue weighted by atomic mass is 35.5. The second kappa shape index (κ2) is 8.85. The molecule has 0 aromatic heterocycles. The van der Waals surface area contributed by atoms with Crippen LogP contribution in [0.15, 0.2) is 36.9 Å². The zero-order chi connectivity index (χ0) is 12.4. The molecule has 0 unspecified atom stereocenters. The molecular weight excluding hydrogens is 236 g/mol. The Morgan fingerprint density at radius 2 is 2.12 bits per heavy atom. The van der Waals surface area contributed by atoms with Crippen LogP contribution in [0.4, 0.5) is 8.78 Å². The summed E-state index contributed by atoms with van der Waals surface area (Å²) in [6, 6.07) is 7.35. The summed E-state index contributed by atoms with van der Waals surface area (Å²) in [6.07, 6.45) is 1.24. The first-order chi connectivity index (χ1) is 7.63. The summed E-state index contributed by atoms with van der Waals surface area (Å²) >= 11 is 5.76. The van der Waals surface area contributed by atoms with Crippen LogP contribution in [-0.2, 0) is 11.3 Å². The number of carbonyl (C=O) groups is 1. The van der Waals surface area contributed by atoms with Gasteiger partial charge in [0.1, 0.15) is 0 Å². The van der Waals surface area contributed by atoms with Crippen LogP contribution in [0.3, 0.4) is 0 Å². The molecule has 0 saturated heterocycles. The standard InChI is InChI=1S/C10H10ClNO.CH2F2/c1-2-10(13)12-7-8-4-3-5-9(11)6-8;2-1-3/h2-6H,1,7H2,(H,12,13);1H2. The van der Waals surface area contributed by atoms with E-state index in [4.69, 9.17) is 11.6 Å². The third-order valence-electron chi connectivity index (χ3n) is 1.54. The van der Waals surface area contributed by atoms with E-state index in [-0.39, 0.29) is 5.91 Å². The Balaban J connectivity index is 0.000000673. The van der Waals surface area contributed by atoms with Gasteiger partial charge in [-0.15, -0.1) is 0 Å². The van der Waals surface area contributed by atoms with Crippen molar-refractivity contribution in [3.63, 3.8) is 0 Å². The average molecular weight is 248 g/mol. The number of halogens is 3. The van der Waals surface area contributed by atoms with E-state index >= 15 is 0 Å². The summed E-state index contributed by atoms with van der Waals surface area (Å²) in [6.45, 7) is 2.08. The Labute approximate surface area is 97.9 Å². The van der Waals surface area contributed by atoms with Gasteiger partial charge in [-0.3, -0.25) is 4.79 Å². The fourth-order valence-electron chi connectivity index (χ4n) is 0.908. The summed E-state index contributed by atoms with van der Waals surface area (Å²) in [5, 5.41) is 3.33. The number of nitrogens with one attached hydrogen (secondary N) is 1. The number of rotatable bonds is 3. The maximum absolute atomic E-state index is 10.8. The van der Waals surface area contributed by atoms with Crippen molar-refractivity contribution in [2.75, 3.05) is 6.93 Å². The molecule has 1 rings (SSSR count). The molecule has 2 nitrogen and oxygen atoms in total. The van der Waals surface area contributed by atoms with Gasteiger partial charge in [-0.25, -0.2) is 8.78 Å². The van der Waals surface area contributed by atoms with Crippen molar-refractivity contribution in [1.29, 1.82) is 0 Å². The minimum absolute atomic E-state index is 0.181. The fraction of sp³-hybridized carbons (Fsp3) is 0.182. The van der Waals surface area contributed by atoms with Gasteiger partial charge in [-0.2, -0.15) is 0 Å². The van der Waals surface area contributed by atoms with Crippen LogP contribution in [0.5, 0.6) is 0 Å². The van der Waals surface area contributed by atoms with E-state index in [1.165, 1.54) is 6.08 Å². The first-order valence-electron chi connectivity index (χ1n) is 4.40. The average Bonchev–Trinajstić information content (AvgIpc) is 2.27. The largest absolute Gasteiger partial charge is 0.348 e. The number of amides is 1. The van der Waals surface area contributed by atoms with Gasteiger partial charge in [0.05, 0.1) is 0 Å². The van der Waals surface area contributed by atoms with Crippen molar-refractivity contribution in [1.82, 2.24) is 5.32 Å². The van der Waals surface area contributed by atoms with Crippen molar-refractivity contribution in [2.45, 2.75) is 6.54 Å². The molecule has 0 fully saturated rings. The minimum atomic E-state index is -1.75. The van der Waals surface area contributed by atoms with E-state index in [0.717, 1.165) is 5.56 Å². The lowest BCUT2D eigenvalue weighted by Crippen LogP contribution is -2.19. The molecule has 0 heterocycles. The normalized spacial score (nSPS) is 8.69. The Morgan fingerprint density at radius 3 is 2.62 bits per heavy atom. The van der Waals surface area contributed by atoms with E-state index in [0.29, 0.717) is 11.6 Å². The first kappa shape index (κ1) is 14.6. The van der Waals surface area contributed by atoms with E-state index in [1.54, 1.807) is 6.07 Å². The number of alkyl halides is 2. The Bertz CT molecular complexity index is 345. The van der Waals surface area contributed by atoms with E-state index in [9.17, 15) is 13.6 Å². The highest BCUT2D eigenvalue weighted by Gasteiger charge is 1.95. The van der Waals surface area contributed by atoms with Crippen LogP contribution in [0.2, 0.25) is 5.02 Å². The first-order valence-corrected chi connectivity index (χ1v) is 4.78. The van der Waals surface area contributed by atoms with Gasteiger partial charge >= 0.3 is 0 Å². The smallest absolute Gasteiger partial charge is 0.243 e. The van der Waals surface area contributed by atoms with Gasteiger partial charge in [0.2, 0.25) is 12.8 Å². The summed E-state index contributed by atoms with van der Waals surface area (Å²) in [7, 11) is 0. The Kier molecular flexibility index (Phi) is 8.07. The summed E-state index contributed by atoms with van der Waals surface area (Å²) in [4.78, 5) is 10.8. The van der Waals surface area contributed by atoms with Crippen molar-refractivity contribution in [2.24, 2.45) is 0 Å². The molecule has 1 N–H and O–H groups in total. The summed E-state index contributed by atoms with van der Waals surface area (Å²) < 4.78 is 19.2. The molecule has 0 aliphatic rings. The molecule has 0 bridgehead atoms. The van der Waals surface area contributed by atoms with Crippen LogP contribution in [0.1, 0.15) is 5.56 Å². The van der Waals surface area contributed by atoms with Gasteiger partial charge in [0, 0.05) is 11.6 Å². The van der Waals surface area contributed by atoms with Crippen LogP contribution >= 0.6 is 11.6 Å². The van der Waals surface area contributed by atoms with E-state index in [2.05, 4.69) is 11.9 Å². The van der Waals surface area contributed by atoms with E-state index in [1.807, 2.05) is 18.2 Å². The lowest BCUT2D eigenvalue weighted by molar-refractivity contribution is -0.116. The molecule has 1 amide bonds. The van der Waals surface area contributed by atoms with Gasteiger partial charge in [-0.1, -0.05) is 30.3 Å². The quantitative estimate of drug-likeness (QED) is 0.818. The van der Waals surface area contributed by atoms with Crippen LogP contribution in [0.25, 0.3) is 0 Å². The molecule has 0 saturated carbocycles. The van der Waals surface area contributed by atoms with Crippen LogP contribution < -0.4 is 5.32 Å². The molecule has 1 aromatic carbocycles. The molecule has 0 aliphatic heterocycles. The highest BCUT2D eigenvalue weighted by Crippen LogP contribution is 2.09. The van der Waals surface area contributed by atoms with E-state index < -0.39 is 6.93 Å². The Morgan fingerprint density at radius 1 is 1.50 bits per heavy atom. The van der Waals surface area contributed by atoms with Gasteiger partial charge in [-0.05, 0) is 23.8 Å². The third-order valence-corrected chi connectivity index (χ3v) is 1.78. The van der Waals surface area contributed by atoms with Crippen molar-refractivity contribution in [3.8, 4) is 0 Å². The van der Waals surface area contributed by atoms with Crippen molar-refractivity contribution in [3.05, 3.63) is 47.5 Å². The number of carbonyl (C=O) groups excluding carboxylic acids is 1. The lowest BCUT2D eigenvalue weighted by atomic mass is 10.2. The molecule has 0 aliphatic carbocycles. The number of hydrogen-bond acceptors (Lipinski definition) is 1. The predicted molar refractivity (Wildman–Crippen MR) is 60.6 cm³/mol. The zero-order valence-corrected chi connectivity index (χ0v) is 9.31. The Hall–Kier alpha value is -1.42. The molecule has 0 atom stereocenters. The second-order valence-corrected chi connectivity index (χ2v) is 3.09. The number of benzene rings is 1. The molecule has 5 heteroatoms. The van der Waals surface area contributed by atoms with Gasteiger partial charge in [0.25, 0.3) is 0 Å². The number of hydrogen-bond donors (Lipinski definition) is 1. The molecule has 1 aromatic rings. The summed E-state index contributed by atoms with van der Waals surface area (Å²) in [5.41, 5.74) is 0.975. The second-order valence-electron chi connectivity index (χ2n) is 2.65. The van der Waals surface area contributed by atoms with Crippen LogP contribution in [0, 0.1) is 0 Å². The SMILES string of the molecule is C=CC(=O)NCc1cccc(Cl)c1.FCF. The molecule has 0 radical (unpaired) electrons. The third kappa shape index (κ3) is 6.95. The molecular formula is C11H12ClF2NO. The maximum atomic E-state index is 10.8. The van der Waals surface area contributed by atoms with Crippen LogP contribution in [-0.4, -0.2) is 12.8 Å². The molecule has 88 valence electrons. The van der Waals surface area contributed by atoms with Gasteiger partial charge < -0.3 is 5.32 Å². The lowest BCUT2D eigenvalue weighted by Gasteiger charge is -2.02.